The normalized spacial score (nSPS) is 7.50. The SMILES string of the molecule is CC.CC.O=C(CCl)c1ccccc1. The van der Waals surface area contributed by atoms with Crippen LogP contribution in [-0.2, 0) is 0 Å². The summed E-state index contributed by atoms with van der Waals surface area (Å²) in [5.74, 6) is 0.0339. The third-order valence-electron chi connectivity index (χ3n) is 1.22. The maximum absolute atomic E-state index is 10.9. The summed E-state index contributed by atoms with van der Waals surface area (Å²) >= 11 is 5.34. The number of carbonyl (C=O) groups excluding carboxylic acids is 1. The predicted octanol–water partition coefficient (Wildman–Crippen LogP) is 4.16. The molecule has 80 valence electrons. The quantitative estimate of drug-likeness (QED) is 0.534. The van der Waals surface area contributed by atoms with Crippen LogP contribution in [0.25, 0.3) is 0 Å². The van der Waals surface area contributed by atoms with Gasteiger partial charge >= 0.3 is 0 Å². The van der Waals surface area contributed by atoms with Crippen molar-refractivity contribution in [3.63, 3.8) is 0 Å². The van der Waals surface area contributed by atoms with Crippen LogP contribution < -0.4 is 0 Å². The first-order valence-corrected chi connectivity index (χ1v) is 5.52. The lowest BCUT2D eigenvalue weighted by molar-refractivity contribution is 0.102. The summed E-state index contributed by atoms with van der Waals surface area (Å²) in [6.45, 7) is 8.00. The molecule has 0 spiro atoms. The highest BCUT2D eigenvalue weighted by atomic mass is 35.5. The molecule has 0 bridgehead atoms. The van der Waals surface area contributed by atoms with Gasteiger partial charge in [-0.15, -0.1) is 11.6 Å². The fraction of sp³-hybridized carbons (Fsp3) is 0.417. The average molecular weight is 215 g/mol. The van der Waals surface area contributed by atoms with Crippen LogP contribution in [0.2, 0.25) is 0 Å². The largest absolute Gasteiger partial charge is 0.293 e. The van der Waals surface area contributed by atoms with Crippen molar-refractivity contribution < 1.29 is 4.79 Å². The van der Waals surface area contributed by atoms with E-state index >= 15 is 0 Å². The Morgan fingerprint density at radius 2 is 1.50 bits per heavy atom. The van der Waals surface area contributed by atoms with E-state index in [9.17, 15) is 4.79 Å². The molecule has 0 fully saturated rings. The summed E-state index contributed by atoms with van der Waals surface area (Å²) in [5.41, 5.74) is 0.678. The second-order valence-electron chi connectivity index (χ2n) is 1.92. The molecular formula is C12H19ClO. The average Bonchev–Trinajstić information content (AvgIpc) is 2.34. The van der Waals surface area contributed by atoms with Gasteiger partial charge in [0.05, 0.1) is 5.88 Å². The topological polar surface area (TPSA) is 17.1 Å². The maximum Gasteiger partial charge on any atom is 0.177 e. The molecule has 0 aliphatic rings. The number of rotatable bonds is 2. The molecular weight excluding hydrogens is 196 g/mol. The first-order valence-electron chi connectivity index (χ1n) is 4.99. The number of ketones is 1. The number of hydrogen-bond acceptors (Lipinski definition) is 1. The lowest BCUT2D eigenvalue weighted by Gasteiger charge is -1.92. The van der Waals surface area contributed by atoms with Gasteiger partial charge in [-0.2, -0.15) is 0 Å². The molecule has 0 N–H and O–H groups in total. The summed E-state index contributed by atoms with van der Waals surface area (Å²) in [6.07, 6.45) is 0. The van der Waals surface area contributed by atoms with Gasteiger partial charge in [-0.1, -0.05) is 58.0 Å². The molecule has 0 radical (unpaired) electrons. The third-order valence-corrected chi connectivity index (χ3v) is 1.46. The minimum absolute atomic E-state index is 0.0257. The summed E-state index contributed by atoms with van der Waals surface area (Å²) in [5, 5.41) is 0. The summed E-state index contributed by atoms with van der Waals surface area (Å²) in [4.78, 5) is 10.9. The summed E-state index contributed by atoms with van der Waals surface area (Å²) in [7, 11) is 0. The molecule has 14 heavy (non-hydrogen) atoms. The van der Waals surface area contributed by atoms with Crippen LogP contribution in [0.5, 0.6) is 0 Å². The van der Waals surface area contributed by atoms with Gasteiger partial charge in [-0.25, -0.2) is 0 Å². The number of halogens is 1. The van der Waals surface area contributed by atoms with E-state index in [1.807, 2.05) is 45.9 Å². The van der Waals surface area contributed by atoms with Gasteiger partial charge in [0.25, 0.3) is 0 Å². The van der Waals surface area contributed by atoms with Crippen molar-refractivity contribution >= 4 is 17.4 Å². The van der Waals surface area contributed by atoms with Gasteiger partial charge in [0.1, 0.15) is 0 Å². The molecule has 1 aromatic rings. The minimum Gasteiger partial charge on any atom is -0.293 e. The van der Waals surface area contributed by atoms with E-state index in [0.29, 0.717) is 5.56 Å². The van der Waals surface area contributed by atoms with E-state index in [4.69, 9.17) is 11.6 Å². The van der Waals surface area contributed by atoms with Crippen molar-refractivity contribution in [2.75, 3.05) is 5.88 Å². The number of benzene rings is 1. The lowest BCUT2D eigenvalue weighted by atomic mass is 10.2. The Morgan fingerprint density at radius 1 is 1.07 bits per heavy atom. The zero-order valence-corrected chi connectivity index (χ0v) is 10.1. The third kappa shape index (κ3) is 6.67. The van der Waals surface area contributed by atoms with Crippen LogP contribution in [0.3, 0.4) is 0 Å². The molecule has 0 aliphatic carbocycles. The van der Waals surface area contributed by atoms with E-state index in [-0.39, 0.29) is 11.7 Å². The van der Waals surface area contributed by atoms with Crippen LogP contribution >= 0.6 is 11.6 Å². The Kier molecular flexibility index (Phi) is 13.6. The molecule has 1 rings (SSSR count). The second-order valence-corrected chi connectivity index (χ2v) is 2.19. The Hall–Kier alpha value is -0.820. The predicted molar refractivity (Wildman–Crippen MR) is 64.2 cm³/mol. The highest BCUT2D eigenvalue weighted by Crippen LogP contribution is 2.00. The molecule has 2 heteroatoms. The molecule has 0 aromatic heterocycles. The van der Waals surface area contributed by atoms with Crippen molar-refractivity contribution in [1.82, 2.24) is 0 Å². The maximum atomic E-state index is 10.9. The molecule has 0 saturated heterocycles. The van der Waals surface area contributed by atoms with Gasteiger partial charge in [-0.3, -0.25) is 4.79 Å². The Bertz CT molecular complexity index is 219. The molecule has 1 aromatic carbocycles. The minimum atomic E-state index is -0.0257. The molecule has 0 unspecified atom stereocenters. The molecule has 0 atom stereocenters. The highest BCUT2D eigenvalue weighted by molar-refractivity contribution is 6.30. The van der Waals surface area contributed by atoms with Gasteiger partial charge in [0.2, 0.25) is 0 Å². The van der Waals surface area contributed by atoms with Crippen LogP contribution in [-0.4, -0.2) is 11.7 Å². The fourth-order valence-electron chi connectivity index (χ4n) is 0.701. The van der Waals surface area contributed by atoms with Crippen LogP contribution in [0.15, 0.2) is 30.3 Å². The first kappa shape index (κ1) is 15.6. The van der Waals surface area contributed by atoms with Crippen molar-refractivity contribution in [2.24, 2.45) is 0 Å². The first-order chi connectivity index (χ1) is 6.84. The Morgan fingerprint density at radius 3 is 1.86 bits per heavy atom. The van der Waals surface area contributed by atoms with Gasteiger partial charge < -0.3 is 0 Å². The zero-order valence-electron chi connectivity index (χ0n) is 9.38. The van der Waals surface area contributed by atoms with Gasteiger partial charge in [0, 0.05) is 5.56 Å². The number of carbonyl (C=O) groups is 1. The monoisotopic (exact) mass is 214 g/mol. The highest BCUT2D eigenvalue weighted by Gasteiger charge is 1.99. The Balaban J connectivity index is 0. The van der Waals surface area contributed by atoms with Gasteiger partial charge in [0.15, 0.2) is 5.78 Å². The van der Waals surface area contributed by atoms with E-state index in [0.717, 1.165) is 0 Å². The molecule has 0 aliphatic heterocycles. The molecule has 1 nitrogen and oxygen atoms in total. The molecule has 0 saturated carbocycles. The van der Waals surface area contributed by atoms with Crippen molar-refractivity contribution in [3.8, 4) is 0 Å². The van der Waals surface area contributed by atoms with Crippen molar-refractivity contribution in [3.05, 3.63) is 35.9 Å². The van der Waals surface area contributed by atoms with E-state index in [1.165, 1.54) is 0 Å². The van der Waals surface area contributed by atoms with E-state index in [1.54, 1.807) is 12.1 Å². The lowest BCUT2D eigenvalue weighted by Crippen LogP contribution is -1.98. The molecule has 0 amide bonds. The standard InChI is InChI=1S/C8H7ClO.2C2H6/c9-6-8(10)7-4-2-1-3-5-7;2*1-2/h1-5H,6H2;2*1-2H3. The summed E-state index contributed by atoms with van der Waals surface area (Å²) in [6, 6.07) is 9.01. The van der Waals surface area contributed by atoms with Gasteiger partial charge in [-0.05, 0) is 0 Å². The number of alkyl halides is 1. The Labute approximate surface area is 92.1 Å². The smallest absolute Gasteiger partial charge is 0.177 e. The fourth-order valence-corrected chi connectivity index (χ4v) is 0.856. The van der Waals surface area contributed by atoms with E-state index < -0.39 is 0 Å². The number of hydrogen-bond donors (Lipinski definition) is 0. The van der Waals surface area contributed by atoms with Crippen LogP contribution in [0.1, 0.15) is 38.1 Å². The molecule has 0 heterocycles. The van der Waals surface area contributed by atoms with Crippen molar-refractivity contribution in [1.29, 1.82) is 0 Å². The number of Topliss-reactive ketones (excluding diaryl/α,β-unsaturated/α-hetero) is 1. The van der Waals surface area contributed by atoms with Crippen LogP contribution in [0.4, 0.5) is 0 Å². The second kappa shape index (κ2) is 12.2. The van der Waals surface area contributed by atoms with Crippen molar-refractivity contribution in [2.45, 2.75) is 27.7 Å². The zero-order chi connectivity index (χ0) is 11.4. The van der Waals surface area contributed by atoms with E-state index in [2.05, 4.69) is 0 Å². The summed E-state index contributed by atoms with van der Waals surface area (Å²) < 4.78 is 0. The van der Waals surface area contributed by atoms with Crippen LogP contribution in [0, 0.1) is 0 Å².